The summed E-state index contributed by atoms with van der Waals surface area (Å²) >= 11 is 0. The van der Waals surface area contributed by atoms with Crippen molar-refractivity contribution >= 4 is 106 Å². The zero-order valence-corrected chi connectivity index (χ0v) is 64.3. The van der Waals surface area contributed by atoms with Crippen LogP contribution in [0.1, 0.15) is 126 Å². The van der Waals surface area contributed by atoms with Crippen LogP contribution in [0.5, 0.6) is 0 Å². The number of non-ortho nitro benzene ring substituents is 1. The second kappa shape index (κ2) is 40.9. The van der Waals surface area contributed by atoms with E-state index in [0.29, 0.717) is 17.9 Å². The van der Waals surface area contributed by atoms with Gasteiger partial charge in [0, 0.05) is 69.7 Å². The van der Waals surface area contributed by atoms with E-state index in [0.717, 1.165) is 39.8 Å². The second-order valence-corrected chi connectivity index (χ2v) is 28.9. The van der Waals surface area contributed by atoms with Gasteiger partial charge in [-0.2, -0.15) is 10.2 Å². The number of primary amides is 1. The number of esters is 2. The Hall–Kier alpha value is -12.1. The molecule has 1 unspecified atom stereocenters. The van der Waals surface area contributed by atoms with E-state index in [-0.39, 0.29) is 56.6 Å². The number of hydrogen-bond donors (Lipinski definition) is 10. The SMILES string of the molecule is CCN(CCN(CC(=O)NCC(=O)N[C@@H](C)C(=O)N[C@@H](CCC(=O)OC1C[C@@H](C(=O)NC[C@@H](NC(=O)[C@H](CC(C)C)NC(=O)OC(C)(C)C)C(=O)N[C@@H](C)C(=O)NCC(=O)NCC(N)=O)N(C(C)=O)C1)C(=O)OC(C)(C)C)C(=O)OCC1c2ccccc2-c2ccccc21)c1ccc(N=Nc2ccc([N+](=O)[O-])cc2)cc1. The number of ether oxygens (including phenoxy) is 4. The van der Waals surface area contributed by atoms with Crippen LogP contribution in [-0.2, 0) is 76.5 Å². The molecule has 0 bridgehead atoms. The van der Waals surface area contributed by atoms with Gasteiger partial charge in [0.2, 0.25) is 59.1 Å². The fourth-order valence-corrected chi connectivity index (χ4v) is 11.7. The van der Waals surface area contributed by atoms with Crippen molar-refractivity contribution in [2.75, 3.05) is 70.4 Å². The number of likely N-dealkylation sites (tertiary alicyclic amines) is 1. The number of nitrogens with zero attached hydrogens (tertiary/aromatic N) is 6. The van der Waals surface area contributed by atoms with Crippen molar-refractivity contribution in [2.45, 2.75) is 168 Å². The van der Waals surface area contributed by atoms with Crippen LogP contribution in [0.25, 0.3) is 11.1 Å². The summed E-state index contributed by atoms with van der Waals surface area (Å²) in [5.74, 6) is -10.8. The predicted molar refractivity (Wildman–Crippen MR) is 402 cm³/mol. The van der Waals surface area contributed by atoms with Gasteiger partial charge in [-0.15, -0.1) is 0 Å². The number of carbonyl (C=O) groups is 14. The number of benzene rings is 4. The van der Waals surface area contributed by atoms with Gasteiger partial charge in [-0.05, 0) is 140 Å². The summed E-state index contributed by atoms with van der Waals surface area (Å²) in [7, 11) is 0. The summed E-state index contributed by atoms with van der Waals surface area (Å²) in [5, 5.41) is 41.4. The molecule has 2 aliphatic rings. The lowest BCUT2D eigenvalue weighted by atomic mass is 9.98. The number of fused-ring (bicyclic) bond motifs is 3. The van der Waals surface area contributed by atoms with Crippen molar-refractivity contribution in [3.63, 3.8) is 0 Å². The number of carbonyl (C=O) groups excluding carboxylic acids is 14. The molecule has 0 aromatic heterocycles. The number of likely N-dealkylation sites (N-methyl/N-ethyl adjacent to an activating group) is 1. The molecule has 36 nitrogen and oxygen atoms in total. The number of nitro benzene ring substituents is 1. The Labute approximate surface area is 642 Å². The lowest BCUT2D eigenvalue weighted by Crippen LogP contribution is -2.60. The molecule has 4 aromatic rings. The molecular weight excluding hydrogens is 1440 g/mol. The van der Waals surface area contributed by atoms with Crippen molar-refractivity contribution in [3.8, 4) is 11.1 Å². The van der Waals surface area contributed by atoms with Crippen molar-refractivity contribution in [3.05, 3.63) is 118 Å². The Kier molecular flexibility index (Phi) is 32.3. The molecule has 0 radical (unpaired) electrons. The van der Waals surface area contributed by atoms with Crippen LogP contribution in [-0.4, -0.2) is 217 Å². The number of nitrogens with one attached hydrogen (secondary N) is 9. The van der Waals surface area contributed by atoms with Gasteiger partial charge >= 0.3 is 24.1 Å². The summed E-state index contributed by atoms with van der Waals surface area (Å²) < 4.78 is 22.6. The monoisotopic (exact) mass is 1540 g/mol. The first-order chi connectivity index (χ1) is 52.3. The van der Waals surface area contributed by atoms with E-state index in [4.69, 9.17) is 24.7 Å². The lowest BCUT2D eigenvalue weighted by molar-refractivity contribution is -0.384. The largest absolute Gasteiger partial charge is 0.460 e. The Morgan fingerprint density at radius 1 is 0.631 bits per heavy atom. The first-order valence-electron chi connectivity index (χ1n) is 36.2. The molecule has 4 aromatic carbocycles. The van der Waals surface area contributed by atoms with E-state index in [2.05, 4.69) is 58.1 Å². The van der Waals surface area contributed by atoms with Crippen LogP contribution in [0.2, 0.25) is 0 Å². The van der Waals surface area contributed by atoms with Gasteiger partial charge in [0.25, 0.3) is 5.69 Å². The molecular formula is C75H100N16O20. The minimum absolute atomic E-state index is 0.0305. The summed E-state index contributed by atoms with van der Waals surface area (Å²) in [6.07, 6.45) is -4.08. The molecule has 1 aliphatic carbocycles. The lowest BCUT2D eigenvalue weighted by Gasteiger charge is -2.28. The van der Waals surface area contributed by atoms with Gasteiger partial charge < -0.3 is 82.3 Å². The highest BCUT2D eigenvalue weighted by Crippen LogP contribution is 2.44. The van der Waals surface area contributed by atoms with E-state index in [9.17, 15) is 77.2 Å². The number of azo groups is 1. The number of anilines is 1. The van der Waals surface area contributed by atoms with E-state index in [1.54, 1.807) is 79.7 Å². The maximum Gasteiger partial charge on any atom is 0.410 e. The Morgan fingerprint density at radius 2 is 1.19 bits per heavy atom. The zero-order valence-electron chi connectivity index (χ0n) is 64.3. The molecule has 36 heteroatoms. The number of alkyl carbamates (subject to hydrolysis) is 1. The van der Waals surface area contributed by atoms with E-state index in [1.807, 2.05) is 60.4 Å². The number of nitro groups is 1. The average Bonchev–Trinajstić information content (AvgIpc) is 1.62. The molecule has 12 amide bonds. The van der Waals surface area contributed by atoms with E-state index >= 15 is 0 Å². The van der Waals surface area contributed by atoms with Crippen LogP contribution in [0.15, 0.2) is 107 Å². The molecule has 1 heterocycles. The number of rotatable bonds is 37. The summed E-state index contributed by atoms with van der Waals surface area (Å²) in [6.45, 7) is 15.9. The minimum Gasteiger partial charge on any atom is -0.460 e. The second-order valence-electron chi connectivity index (χ2n) is 28.9. The van der Waals surface area contributed by atoms with Crippen LogP contribution >= 0.6 is 0 Å². The fraction of sp³-hybridized carbons (Fsp3) is 0.493. The molecule has 6 rings (SSSR count). The molecule has 1 saturated heterocycles. The smallest absolute Gasteiger partial charge is 0.410 e. The highest BCUT2D eigenvalue weighted by molar-refractivity contribution is 5.97. The maximum absolute atomic E-state index is 14.2. The maximum atomic E-state index is 14.2. The third-order valence-electron chi connectivity index (χ3n) is 17.1. The van der Waals surface area contributed by atoms with Crippen molar-refractivity contribution in [2.24, 2.45) is 21.9 Å². The molecule has 111 heavy (non-hydrogen) atoms. The summed E-state index contributed by atoms with van der Waals surface area (Å²) in [4.78, 5) is 202. The molecule has 0 saturated carbocycles. The van der Waals surface area contributed by atoms with Gasteiger partial charge in [-0.1, -0.05) is 62.4 Å². The van der Waals surface area contributed by atoms with E-state index in [1.165, 1.54) is 43.0 Å². The van der Waals surface area contributed by atoms with Crippen LogP contribution in [0, 0.1) is 16.0 Å². The highest BCUT2D eigenvalue weighted by atomic mass is 16.6. The first-order valence-corrected chi connectivity index (χ1v) is 36.2. The Morgan fingerprint density at radius 3 is 1.76 bits per heavy atom. The highest BCUT2D eigenvalue weighted by Gasteiger charge is 2.42. The minimum atomic E-state index is -1.67. The van der Waals surface area contributed by atoms with Crippen LogP contribution in [0.3, 0.4) is 0 Å². The third-order valence-corrected chi connectivity index (χ3v) is 17.1. The number of nitrogens with two attached hydrogens (primary N) is 1. The number of amides is 12. The Bertz CT molecular complexity index is 4020. The fourth-order valence-electron chi connectivity index (χ4n) is 11.7. The quantitative estimate of drug-likeness (QED) is 0.0101. The van der Waals surface area contributed by atoms with Crippen molar-refractivity contribution < 1.29 is 91.0 Å². The van der Waals surface area contributed by atoms with Gasteiger partial charge in [0.05, 0.1) is 42.5 Å². The molecule has 600 valence electrons. The summed E-state index contributed by atoms with van der Waals surface area (Å²) in [6, 6.07) is 19.6. The molecule has 11 N–H and O–H groups in total. The van der Waals surface area contributed by atoms with Crippen LogP contribution in [0.4, 0.5) is 32.3 Å². The Balaban J connectivity index is 1.06. The third kappa shape index (κ3) is 28.4. The normalized spacial score (nSPS) is 15.1. The van der Waals surface area contributed by atoms with Gasteiger partial charge in [0.15, 0.2) is 0 Å². The zero-order chi connectivity index (χ0) is 82.0. The topological polar surface area (TPSA) is 488 Å². The molecule has 0 spiro atoms. The first kappa shape index (κ1) is 87.8. The molecule has 1 fully saturated rings. The van der Waals surface area contributed by atoms with E-state index < -0.39 is 187 Å². The van der Waals surface area contributed by atoms with Crippen molar-refractivity contribution in [1.29, 1.82) is 0 Å². The number of hydrogen-bond acceptors (Lipinski definition) is 23. The summed E-state index contributed by atoms with van der Waals surface area (Å²) in [5.41, 5.74) is 8.48. The van der Waals surface area contributed by atoms with Gasteiger partial charge in [-0.3, -0.25) is 67.8 Å². The standard InChI is InChI=1S/C75H100N16O20/c1-13-88(49-26-22-47(23-27-49)86-87-48-24-28-50(29-25-48)91(106)107)32-33-89(73(105)108-42-56-54-20-16-14-18-52(54)53-19-15-17-21-55(53)56)41-64(96)78-39-63(95)81-45(5)67(99)83-57(71(103)110-74(7,8)9)30-31-65(97)109-51-35-60(90(40-51)46(6)92)70(102)79-36-59(69(101)82-44(4)66(98)80-38-62(94)77-37-61(76)93)84-68(100)58(34-43(2)3)85-72(104)111-75(10,11)12/h14-29,43-45,51,56-60H,13,30-42H2,1-12H3,(H2,76,93)(H,77,94)(H,78,96)(H,79,102)(H,80,98)(H,81,95)(H,82,101)(H,83,99)(H,84,100)(H,85,104)/t44-,45-,51?,57-,58-,59+,60-/m0/s1. The average molecular weight is 1550 g/mol. The van der Waals surface area contributed by atoms with Gasteiger partial charge in [-0.25, -0.2) is 14.4 Å². The predicted octanol–water partition coefficient (Wildman–Crippen LogP) is 3.61. The van der Waals surface area contributed by atoms with Crippen LogP contribution < -0.4 is 58.5 Å². The molecule has 1 aliphatic heterocycles. The van der Waals surface area contributed by atoms with Gasteiger partial charge in [0.1, 0.15) is 66.7 Å². The molecule has 7 atom stereocenters. The van der Waals surface area contributed by atoms with Crippen molar-refractivity contribution in [1.82, 2.24) is 57.7 Å².